The van der Waals surface area contributed by atoms with Crippen LogP contribution in [0, 0.1) is 52.3 Å². The van der Waals surface area contributed by atoms with Crippen LogP contribution in [0.3, 0.4) is 0 Å². The molecule has 1 heteroatoms. The SMILES string of the molecule is CC(C)CCC[C@@H](C)[C@H]1[C@@H](O)C[C@H]2[C@@H]3CCC4C=CCC[C@]4(C)[C@H]3CC[C@]12C. The standard InChI is InChI=1S/C27H46O/c1-18(2)9-8-10-19(3)25-24(28)17-23-21-13-12-20-11-6-7-15-26(20,4)22(21)14-16-27(23,25)5/h6,11,18-25,28H,7-10,12-17H2,1-5H3/t19-,20?,21-,22+,23+,24+,25+,26+,27+/m1/s1. The maximum Gasteiger partial charge on any atom is 0.0579 e. The van der Waals surface area contributed by atoms with Crippen LogP contribution < -0.4 is 0 Å². The van der Waals surface area contributed by atoms with Gasteiger partial charge in [-0.3, -0.25) is 0 Å². The van der Waals surface area contributed by atoms with E-state index in [9.17, 15) is 5.11 Å². The van der Waals surface area contributed by atoms with Gasteiger partial charge in [-0.2, -0.15) is 0 Å². The van der Waals surface area contributed by atoms with Gasteiger partial charge >= 0.3 is 0 Å². The summed E-state index contributed by atoms with van der Waals surface area (Å²) in [6, 6.07) is 0. The van der Waals surface area contributed by atoms with Gasteiger partial charge in [0.05, 0.1) is 6.10 Å². The third-order valence-electron chi connectivity index (χ3n) is 10.3. The molecular weight excluding hydrogens is 340 g/mol. The molecule has 0 bridgehead atoms. The predicted molar refractivity (Wildman–Crippen MR) is 119 cm³/mol. The van der Waals surface area contributed by atoms with Crippen molar-refractivity contribution in [2.45, 2.75) is 105 Å². The average molecular weight is 387 g/mol. The van der Waals surface area contributed by atoms with Crippen molar-refractivity contribution in [2.24, 2.45) is 52.3 Å². The van der Waals surface area contributed by atoms with Gasteiger partial charge in [-0.05, 0) is 97.2 Å². The smallest absolute Gasteiger partial charge is 0.0579 e. The van der Waals surface area contributed by atoms with Crippen LogP contribution >= 0.6 is 0 Å². The molecule has 0 spiro atoms. The Labute approximate surface area is 174 Å². The lowest BCUT2D eigenvalue weighted by Crippen LogP contribution is -2.52. The van der Waals surface area contributed by atoms with E-state index < -0.39 is 0 Å². The highest BCUT2D eigenvalue weighted by atomic mass is 16.3. The second kappa shape index (κ2) is 7.75. The summed E-state index contributed by atoms with van der Waals surface area (Å²) in [5, 5.41) is 11.2. The zero-order valence-corrected chi connectivity index (χ0v) is 19.3. The first-order valence-electron chi connectivity index (χ1n) is 12.6. The minimum absolute atomic E-state index is 0.0559. The van der Waals surface area contributed by atoms with Crippen molar-refractivity contribution in [1.82, 2.24) is 0 Å². The maximum absolute atomic E-state index is 11.2. The summed E-state index contributed by atoms with van der Waals surface area (Å²) in [5.74, 6) is 5.36. The third-order valence-corrected chi connectivity index (χ3v) is 10.3. The van der Waals surface area contributed by atoms with Crippen LogP contribution in [0.2, 0.25) is 0 Å². The lowest BCUT2D eigenvalue weighted by atomic mass is 9.45. The fourth-order valence-electron chi connectivity index (χ4n) is 8.94. The Balaban J connectivity index is 1.52. The quantitative estimate of drug-likeness (QED) is 0.493. The molecule has 3 fully saturated rings. The topological polar surface area (TPSA) is 20.2 Å². The Kier molecular flexibility index (Phi) is 5.80. The Morgan fingerprint density at radius 1 is 0.964 bits per heavy atom. The van der Waals surface area contributed by atoms with Crippen molar-refractivity contribution in [1.29, 1.82) is 0 Å². The molecule has 3 saturated carbocycles. The molecule has 4 rings (SSSR count). The zero-order valence-electron chi connectivity index (χ0n) is 19.3. The molecule has 0 aromatic rings. The van der Waals surface area contributed by atoms with E-state index in [0.717, 1.165) is 36.0 Å². The van der Waals surface area contributed by atoms with Gasteiger partial charge in [0.1, 0.15) is 0 Å². The fraction of sp³-hybridized carbons (Fsp3) is 0.926. The molecule has 1 N–H and O–H groups in total. The molecule has 4 aliphatic carbocycles. The second-order valence-corrected chi connectivity index (χ2v) is 12.2. The first kappa shape index (κ1) is 21.0. The van der Waals surface area contributed by atoms with Crippen molar-refractivity contribution in [3.8, 4) is 0 Å². The van der Waals surface area contributed by atoms with Crippen molar-refractivity contribution >= 4 is 0 Å². The largest absolute Gasteiger partial charge is 0.393 e. The molecule has 0 aliphatic heterocycles. The van der Waals surface area contributed by atoms with Crippen molar-refractivity contribution < 1.29 is 5.11 Å². The van der Waals surface area contributed by atoms with E-state index in [0.29, 0.717) is 22.7 Å². The lowest BCUT2D eigenvalue weighted by Gasteiger charge is -2.59. The molecular formula is C27H46O. The number of hydrogen-bond acceptors (Lipinski definition) is 1. The van der Waals surface area contributed by atoms with Gasteiger partial charge < -0.3 is 5.11 Å². The summed E-state index contributed by atoms with van der Waals surface area (Å²) < 4.78 is 0. The van der Waals surface area contributed by atoms with Gasteiger partial charge in [0.25, 0.3) is 0 Å². The molecule has 160 valence electrons. The highest BCUT2D eigenvalue weighted by molar-refractivity contribution is 5.14. The monoisotopic (exact) mass is 386 g/mol. The van der Waals surface area contributed by atoms with Crippen LogP contribution in [-0.4, -0.2) is 11.2 Å². The van der Waals surface area contributed by atoms with Crippen molar-refractivity contribution in [2.75, 3.05) is 0 Å². The summed E-state index contributed by atoms with van der Waals surface area (Å²) in [6.07, 6.45) is 18.3. The van der Waals surface area contributed by atoms with Crippen LogP contribution in [0.25, 0.3) is 0 Å². The molecule has 4 aliphatic rings. The lowest BCUT2D eigenvalue weighted by molar-refractivity contribution is -0.0974. The molecule has 9 atom stereocenters. The Morgan fingerprint density at radius 2 is 1.75 bits per heavy atom. The molecule has 0 radical (unpaired) electrons. The predicted octanol–water partition coefficient (Wildman–Crippen LogP) is 7.24. The average Bonchev–Trinajstić information content (AvgIpc) is 2.91. The molecule has 0 aromatic carbocycles. The molecule has 1 nitrogen and oxygen atoms in total. The number of hydrogen-bond donors (Lipinski definition) is 1. The molecule has 0 aromatic heterocycles. The van der Waals surface area contributed by atoms with Crippen LogP contribution in [-0.2, 0) is 0 Å². The second-order valence-electron chi connectivity index (χ2n) is 12.2. The highest BCUT2D eigenvalue weighted by Crippen LogP contribution is 2.67. The summed E-state index contributed by atoms with van der Waals surface area (Å²) in [6.45, 7) is 12.3. The fourth-order valence-corrected chi connectivity index (χ4v) is 8.94. The number of allylic oxidation sites excluding steroid dienone is 2. The van der Waals surface area contributed by atoms with E-state index in [1.165, 1.54) is 57.8 Å². The molecule has 0 heterocycles. The zero-order chi connectivity index (χ0) is 20.1. The van der Waals surface area contributed by atoms with Gasteiger partial charge in [-0.1, -0.05) is 66.0 Å². The van der Waals surface area contributed by atoms with Gasteiger partial charge in [-0.25, -0.2) is 0 Å². The van der Waals surface area contributed by atoms with E-state index in [4.69, 9.17) is 0 Å². The first-order chi connectivity index (χ1) is 13.3. The van der Waals surface area contributed by atoms with E-state index in [-0.39, 0.29) is 6.10 Å². The van der Waals surface area contributed by atoms with E-state index in [1.807, 2.05) is 0 Å². The van der Waals surface area contributed by atoms with E-state index in [2.05, 4.69) is 46.8 Å². The number of fused-ring (bicyclic) bond motifs is 5. The highest BCUT2D eigenvalue weighted by Gasteiger charge is 2.62. The summed E-state index contributed by atoms with van der Waals surface area (Å²) in [5.41, 5.74) is 0.913. The Bertz CT molecular complexity index is 579. The van der Waals surface area contributed by atoms with Gasteiger partial charge in [0.15, 0.2) is 0 Å². The van der Waals surface area contributed by atoms with Crippen LogP contribution in [0.1, 0.15) is 98.8 Å². The number of rotatable bonds is 5. The van der Waals surface area contributed by atoms with E-state index >= 15 is 0 Å². The van der Waals surface area contributed by atoms with Crippen LogP contribution in [0.15, 0.2) is 12.2 Å². The summed E-state index contributed by atoms with van der Waals surface area (Å²) in [4.78, 5) is 0. The Morgan fingerprint density at radius 3 is 2.50 bits per heavy atom. The van der Waals surface area contributed by atoms with E-state index in [1.54, 1.807) is 0 Å². The minimum atomic E-state index is -0.0559. The summed E-state index contributed by atoms with van der Waals surface area (Å²) >= 11 is 0. The van der Waals surface area contributed by atoms with Crippen LogP contribution in [0.5, 0.6) is 0 Å². The van der Waals surface area contributed by atoms with Gasteiger partial charge in [0, 0.05) is 0 Å². The van der Waals surface area contributed by atoms with Crippen LogP contribution in [0.4, 0.5) is 0 Å². The maximum atomic E-state index is 11.2. The third kappa shape index (κ3) is 3.32. The molecule has 0 amide bonds. The Hall–Kier alpha value is -0.300. The first-order valence-corrected chi connectivity index (χ1v) is 12.6. The molecule has 0 saturated heterocycles. The number of aliphatic hydroxyl groups excluding tert-OH is 1. The van der Waals surface area contributed by atoms with Gasteiger partial charge in [0.2, 0.25) is 0 Å². The molecule has 28 heavy (non-hydrogen) atoms. The van der Waals surface area contributed by atoms with Gasteiger partial charge in [-0.15, -0.1) is 0 Å². The van der Waals surface area contributed by atoms with Crippen molar-refractivity contribution in [3.05, 3.63) is 12.2 Å². The minimum Gasteiger partial charge on any atom is -0.393 e. The van der Waals surface area contributed by atoms with Crippen molar-refractivity contribution in [3.63, 3.8) is 0 Å². The normalized spacial score (nSPS) is 48.8. The molecule has 1 unspecified atom stereocenters. The summed E-state index contributed by atoms with van der Waals surface area (Å²) in [7, 11) is 0. The number of aliphatic hydroxyl groups is 1.